The van der Waals surface area contributed by atoms with Gasteiger partial charge in [0.15, 0.2) is 0 Å². The zero-order valence-electron chi connectivity index (χ0n) is 12.7. The van der Waals surface area contributed by atoms with Gasteiger partial charge in [0.2, 0.25) is 5.88 Å². The van der Waals surface area contributed by atoms with Crippen LogP contribution < -0.4 is 10.1 Å². The second kappa shape index (κ2) is 6.23. The highest BCUT2D eigenvalue weighted by Gasteiger charge is 2.12. The molecule has 0 bridgehead atoms. The molecule has 0 spiro atoms. The van der Waals surface area contributed by atoms with E-state index in [0.717, 1.165) is 23.5 Å². The number of anilines is 1. The van der Waals surface area contributed by atoms with E-state index in [2.05, 4.69) is 21.4 Å². The Bertz CT molecular complexity index is 704. The number of nitriles is 1. The van der Waals surface area contributed by atoms with Gasteiger partial charge in [0, 0.05) is 6.54 Å². The molecule has 108 valence electrons. The maximum absolute atomic E-state index is 8.99. The van der Waals surface area contributed by atoms with Crippen LogP contribution in [0, 0.1) is 32.1 Å². The minimum Gasteiger partial charge on any atom is -0.438 e. The number of nitrogens with one attached hydrogen (secondary N) is 1. The first kappa shape index (κ1) is 14.8. The summed E-state index contributed by atoms with van der Waals surface area (Å²) in [4.78, 5) is 8.72. The quantitative estimate of drug-likeness (QED) is 0.929. The van der Waals surface area contributed by atoms with Crippen molar-refractivity contribution < 1.29 is 4.74 Å². The fourth-order valence-electron chi connectivity index (χ4n) is 1.93. The first-order valence-corrected chi connectivity index (χ1v) is 6.82. The lowest BCUT2D eigenvalue weighted by Gasteiger charge is -2.14. The van der Waals surface area contributed by atoms with Crippen molar-refractivity contribution >= 4 is 5.82 Å². The van der Waals surface area contributed by atoms with Gasteiger partial charge in [-0.15, -0.1) is 0 Å². The van der Waals surface area contributed by atoms with E-state index < -0.39 is 0 Å². The molecule has 0 aliphatic rings. The molecule has 1 aromatic carbocycles. The van der Waals surface area contributed by atoms with Crippen LogP contribution in [0.1, 0.15) is 29.4 Å². The zero-order chi connectivity index (χ0) is 15.4. The first-order chi connectivity index (χ1) is 10.0. The van der Waals surface area contributed by atoms with Gasteiger partial charge in [-0.3, -0.25) is 0 Å². The standard InChI is InChI=1S/C16H18N4O/c1-5-18-15-11(3)16(20-12(4)19-15)21-14-8-13(9-17)7-6-10(14)2/h6-8H,5H2,1-4H3,(H,18,19,20). The van der Waals surface area contributed by atoms with E-state index in [1.807, 2.05) is 33.8 Å². The topological polar surface area (TPSA) is 70.8 Å². The molecule has 0 saturated carbocycles. The van der Waals surface area contributed by atoms with Crippen molar-refractivity contribution in [1.82, 2.24) is 9.97 Å². The number of aryl methyl sites for hydroxylation is 2. The molecule has 2 aromatic rings. The molecule has 0 atom stereocenters. The Hall–Kier alpha value is -2.61. The van der Waals surface area contributed by atoms with Crippen molar-refractivity contribution in [3.63, 3.8) is 0 Å². The molecular formula is C16H18N4O. The second-order valence-corrected chi connectivity index (χ2v) is 4.77. The lowest BCUT2D eigenvalue weighted by molar-refractivity contribution is 0.452. The number of hydrogen-bond acceptors (Lipinski definition) is 5. The first-order valence-electron chi connectivity index (χ1n) is 6.82. The Kier molecular flexibility index (Phi) is 4.39. The van der Waals surface area contributed by atoms with Crippen LogP contribution >= 0.6 is 0 Å². The summed E-state index contributed by atoms with van der Waals surface area (Å²) in [7, 11) is 0. The van der Waals surface area contributed by atoms with Crippen molar-refractivity contribution in [2.24, 2.45) is 0 Å². The molecule has 0 aliphatic heterocycles. The molecule has 21 heavy (non-hydrogen) atoms. The van der Waals surface area contributed by atoms with Gasteiger partial charge in [-0.1, -0.05) is 6.07 Å². The highest BCUT2D eigenvalue weighted by atomic mass is 16.5. The number of benzene rings is 1. The van der Waals surface area contributed by atoms with Crippen molar-refractivity contribution in [3.8, 4) is 17.7 Å². The summed E-state index contributed by atoms with van der Waals surface area (Å²) >= 11 is 0. The summed E-state index contributed by atoms with van der Waals surface area (Å²) < 4.78 is 5.91. The van der Waals surface area contributed by atoms with Crippen LogP contribution in [0.25, 0.3) is 0 Å². The van der Waals surface area contributed by atoms with Crippen LogP contribution in [-0.2, 0) is 0 Å². The summed E-state index contributed by atoms with van der Waals surface area (Å²) in [5.41, 5.74) is 2.37. The van der Waals surface area contributed by atoms with Crippen molar-refractivity contribution in [2.75, 3.05) is 11.9 Å². The average molecular weight is 282 g/mol. The molecule has 0 amide bonds. The third-order valence-electron chi connectivity index (χ3n) is 3.08. The Balaban J connectivity index is 2.42. The van der Waals surface area contributed by atoms with E-state index in [0.29, 0.717) is 23.0 Å². The highest BCUT2D eigenvalue weighted by molar-refractivity contribution is 5.51. The van der Waals surface area contributed by atoms with Crippen LogP contribution in [-0.4, -0.2) is 16.5 Å². The van der Waals surface area contributed by atoms with Gasteiger partial charge in [-0.25, -0.2) is 4.98 Å². The van der Waals surface area contributed by atoms with Crippen molar-refractivity contribution in [3.05, 3.63) is 40.7 Å². The molecule has 1 N–H and O–H groups in total. The average Bonchev–Trinajstić information content (AvgIpc) is 2.46. The predicted octanol–water partition coefficient (Wildman–Crippen LogP) is 3.50. The molecule has 0 unspecified atom stereocenters. The SMILES string of the molecule is CCNc1nc(C)nc(Oc2cc(C#N)ccc2C)c1C. The zero-order valence-corrected chi connectivity index (χ0v) is 12.7. The summed E-state index contributed by atoms with van der Waals surface area (Å²) in [5, 5.41) is 12.2. The summed E-state index contributed by atoms with van der Waals surface area (Å²) in [6, 6.07) is 7.47. The Morgan fingerprint density at radius 3 is 2.67 bits per heavy atom. The van der Waals surface area contributed by atoms with Gasteiger partial charge in [-0.2, -0.15) is 10.2 Å². The molecule has 0 fully saturated rings. The van der Waals surface area contributed by atoms with Crippen molar-refractivity contribution in [1.29, 1.82) is 5.26 Å². The van der Waals surface area contributed by atoms with Gasteiger partial charge < -0.3 is 10.1 Å². The smallest absolute Gasteiger partial charge is 0.227 e. The molecule has 1 aromatic heterocycles. The second-order valence-electron chi connectivity index (χ2n) is 4.77. The van der Waals surface area contributed by atoms with Crippen LogP contribution in [0.4, 0.5) is 5.82 Å². The molecule has 5 nitrogen and oxygen atoms in total. The number of ether oxygens (including phenoxy) is 1. The normalized spacial score (nSPS) is 10.0. The third kappa shape index (κ3) is 3.29. The number of hydrogen-bond donors (Lipinski definition) is 1. The third-order valence-corrected chi connectivity index (χ3v) is 3.08. The number of rotatable bonds is 4. The van der Waals surface area contributed by atoms with Crippen LogP contribution in [0.2, 0.25) is 0 Å². The largest absolute Gasteiger partial charge is 0.438 e. The van der Waals surface area contributed by atoms with Gasteiger partial charge in [0.05, 0.1) is 17.2 Å². The molecule has 2 rings (SSSR count). The minimum atomic E-state index is 0.511. The Morgan fingerprint density at radius 2 is 2.00 bits per heavy atom. The molecule has 1 heterocycles. The summed E-state index contributed by atoms with van der Waals surface area (Å²) in [5.74, 6) is 2.56. The van der Waals surface area contributed by atoms with Gasteiger partial charge in [-0.05, 0) is 45.4 Å². The number of aromatic nitrogens is 2. The maximum Gasteiger partial charge on any atom is 0.227 e. The van der Waals surface area contributed by atoms with Gasteiger partial charge in [0.1, 0.15) is 17.4 Å². The van der Waals surface area contributed by atoms with Gasteiger partial charge in [0.25, 0.3) is 0 Å². The predicted molar refractivity (Wildman–Crippen MR) is 81.6 cm³/mol. The van der Waals surface area contributed by atoms with E-state index in [4.69, 9.17) is 10.00 Å². The lowest BCUT2D eigenvalue weighted by Crippen LogP contribution is -2.06. The van der Waals surface area contributed by atoms with Crippen LogP contribution in [0.5, 0.6) is 11.6 Å². The van der Waals surface area contributed by atoms with Crippen molar-refractivity contribution in [2.45, 2.75) is 27.7 Å². The molecule has 0 saturated heterocycles. The highest BCUT2D eigenvalue weighted by Crippen LogP contribution is 2.29. The summed E-state index contributed by atoms with van der Waals surface area (Å²) in [6.07, 6.45) is 0. The van der Waals surface area contributed by atoms with E-state index in [1.165, 1.54) is 0 Å². The minimum absolute atomic E-state index is 0.511. The van der Waals surface area contributed by atoms with E-state index in [1.54, 1.807) is 12.1 Å². The fourth-order valence-corrected chi connectivity index (χ4v) is 1.93. The van der Waals surface area contributed by atoms with E-state index >= 15 is 0 Å². The van der Waals surface area contributed by atoms with E-state index in [-0.39, 0.29) is 0 Å². The molecule has 5 heteroatoms. The number of nitrogens with zero attached hydrogens (tertiary/aromatic N) is 3. The van der Waals surface area contributed by atoms with E-state index in [9.17, 15) is 0 Å². The van der Waals surface area contributed by atoms with Crippen LogP contribution in [0.3, 0.4) is 0 Å². The summed E-state index contributed by atoms with van der Waals surface area (Å²) in [6.45, 7) is 8.46. The molecule has 0 radical (unpaired) electrons. The molecule has 0 aliphatic carbocycles. The fraction of sp³-hybridized carbons (Fsp3) is 0.312. The van der Waals surface area contributed by atoms with Crippen LogP contribution in [0.15, 0.2) is 18.2 Å². The lowest BCUT2D eigenvalue weighted by atomic mass is 10.1. The van der Waals surface area contributed by atoms with Gasteiger partial charge >= 0.3 is 0 Å². The Morgan fingerprint density at radius 1 is 1.24 bits per heavy atom. The monoisotopic (exact) mass is 282 g/mol. The molecular weight excluding hydrogens is 264 g/mol. The Labute approximate surface area is 124 Å². The maximum atomic E-state index is 8.99.